The van der Waals surface area contributed by atoms with Crippen molar-refractivity contribution in [1.82, 2.24) is 0 Å². The van der Waals surface area contributed by atoms with E-state index in [2.05, 4.69) is 223 Å². The summed E-state index contributed by atoms with van der Waals surface area (Å²) in [5.41, 5.74) is 21.5. The molecular weight excluding hydrogens is 730 g/mol. The van der Waals surface area contributed by atoms with Crippen molar-refractivity contribution in [1.29, 1.82) is 0 Å². The van der Waals surface area contributed by atoms with Crippen LogP contribution in [-0.2, 0) is 10.8 Å². The van der Waals surface area contributed by atoms with Crippen LogP contribution in [0.5, 0.6) is 0 Å². The Balaban J connectivity index is 0.00000183. The molecule has 55 heavy (non-hydrogen) atoms. The van der Waals surface area contributed by atoms with Gasteiger partial charge in [-0.05, 0) is 108 Å². The van der Waals surface area contributed by atoms with Gasteiger partial charge in [-0.1, -0.05) is 188 Å². The molecule has 0 saturated carbocycles. The Morgan fingerprint density at radius 3 is 1.45 bits per heavy atom. The fourth-order valence-corrected chi connectivity index (χ4v) is 10.0. The molecular formula is C53H40BrN. The third kappa shape index (κ3) is 4.71. The summed E-state index contributed by atoms with van der Waals surface area (Å²) in [4.78, 5) is 2.51. The van der Waals surface area contributed by atoms with Gasteiger partial charge in [0.2, 0.25) is 0 Å². The number of rotatable bonds is 4. The SMILES string of the molecule is CBr.CC1(C)c2ccccc2-c2ccc(N(c3ccc(-c4ccccc4)cc3)c3cccc4c3-c3ccccc3C43c4ccccc4-c4ccccc43)cc21. The molecule has 3 aliphatic carbocycles. The Labute approximate surface area is 332 Å². The Kier molecular flexibility index (Phi) is 7.83. The largest absolute Gasteiger partial charge is 0.310 e. The average molecular weight is 771 g/mol. The molecule has 0 N–H and O–H groups in total. The van der Waals surface area contributed by atoms with Crippen LogP contribution < -0.4 is 4.90 Å². The van der Waals surface area contributed by atoms with E-state index in [9.17, 15) is 0 Å². The van der Waals surface area contributed by atoms with Crippen LogP contribution in [-0.4, -0.2) is 5.83 Å². The van der Waals surface area contributed by atoms with Gasteiger partial charge in [-0.3, -0.25) is 0 Å². The van der Waals surface area contributed by atoms with Gasteiger partial charge in [-0.15, -0.1) is 0 Å². The molecule has 0 amide bonds. The van der Waals surface area contributed by atoms with Crippen molar-refractivity contribution >= 4 is 33.0 Å². The molecule has 0 bridgehead atoms. The molecule has 0 saturated heterocycles. The van der Waals surface area contributed by atoms with Crippen LogP contribution in [0, 0.1) is 0 Å². The maximum Gasteiger partial charge on any atom is 0.0726 e. The third-order valence-corrected chi connectivity index (χ3v) is 12.3. The molecule has 0 fully saturated rings. The highest BCUT2D eigenvalue weighted by Crippen LogP contribution is 2.64. The van der Waals surface area contributed by atoms with Crippen LogP contribution in [0.3, 0.4) is 0 Å². The van der Waals surface area contributed by atoms with E-state index in [0.29, 0.717) is 0 Å². The lowest BCUT2D eigenvalue weighted by atomic mass is 9.70. The zero-order chi connectivity index (χ0) is 37.3. The highest BCUT2D eigenvalue weighted by Gasteiger charge is 2.52. The molecule has 2 heteroatoms. The van der Waals surface area contributed by atoms with Crippen molar-refractivity contribution in [2.24, 2.45) is 0 Å². The second kappa shape index (κ2) is 12.8. The van der Waals surface area contributed by atoms with E-state index in [-0.39, 0.29) is 5.41 Å². The zero-order valence-corrected chi connectivity index (χ0v) is 32.8. The number of alkyl halides is 1. The summed E-state index contributed by atoms with van der Waals surface area (Å²) in [6.45, 7) is 4.74. The summed E-state index contributed by atoms with van der Waals surface area (Å²) in [5.74, 6) is 1.81. The quantitative estimate of drug-likeness (QED) is 0.161. The van der Waals surface area contributed by atoms with Crippen LogP contribution in [0.2, 0.25) is 0 Å². The lowest BCUT2D eigenvalue weighted by Crippen LogP contribution is -2.26. The summed E-state index contributed by atoms with van der Waals surface area (Å²) in [5, 5.41) is 0. The first-order valence-electron chi connectivity index (χ1n) is 19.1. The smallest absolute Gasteiger partial charge is 0.0726 e. The van der Waals surface area contributed by atoms with E-state index >= 15 is 0 Å². The zero-order valence-electron chi connectivity index (χ0n) is 31.2. The number of benzene rings is 8. The first kappa shape index (κ1) is 33.6. The van der Waals surface area contributed by atoms with Crippen molar-refractivity contribution in [3.63, 3.8) is 0 Å². The van der Waals surface area contributed by atoms with Gasteiger partial charge in [0.1, 0.15) is 0 Å². The monoisotopic (exact) mass is 769 g/mol. The van der Waals surface area contributed by atoms with Crippen LogP contribution in [0.25, 0.3) is 44.5 Å². The molecule has 0 radical (unpaired) electrons. The highest BCUT2D eigenvalue weighted by molar-refractivity contribution is 9.08. The molecule has 0 unspecified atom stereocenters. The molecule has 1 nitrogen and oxygen atoms in total. The van der Waals surface area contributed by atoms with Gasteiger partial charge in [0.25, 0.3) is 0 Å². The van der Waals surface area contributed by atoms with E-state index in [1.54, 1.807) is 0 Å². The van der Waals surface area contributed by atoms with E-state index in [1.165, 1.54) is 83.6 Å². The minimum atomic E-state index is -0.403. The summed E-state index contributed by atoms with van der Waals surface area (Å²) in [6, 6.07) is 70.1. The molecule has 1 spiro atoms. The van der Waals surface area contributed by atoms with E-state index < -0.39 is 5.41 Å². The summed E-state index contributed by atoms with van der Waals surface area (Å²) in [6.07, 6.45) is 0. The number of fused-ring (bicyclic) bond motifs is 13. The molecule has 264 valence electrons. The minimum absolute atomic E-state index is 0.114. The Hall–Kier alpha value is -5.96. The van der Waals surface area contributed by atoms with Gasteiger partial charge < -0.3 is 4.90 Å². The lowest BCUT2D eigenvalue weighted by Gasteiger charge is -2.32. The van der Waals surface area contributed by atoms with Gasteiger partial charge in [0, 0.05) is 22.4 Å². The van der Waals surface area contributed by atoms with Crippen molar-refractivity contribution in [3.8, 4) is 44.5 Å². The average Bonchev–Trinajstić information content (AvgIpc) is 3.81. The van der Waals surface area contributed by atoms with Crippen molar-refractivity contribution in [2.75, 3.05) is 10.7 Å². The van der Waals surface area contributed by atoms with Gasteiger partial charge >= 0.3 is 0 Å². The van der Waals surface area contributed by atoms with E-state index in [0.717, 1.165) is 11.4 Å². The van der Waals surface area contributed by atoms with Gasteiger partial charge in [-0.25, -0.2) is 0 Å². The second-order valence-electron chi connectivity index (χ2n) is 15.2. The Morgan fingerprint density at radius 2 is 0.818 bits per heavy atom. The van der Waals surface area contributed by atoms with Crippen LogP contribution >= 0.6 is 15.9 Å². The van der Waals surface area contributed by atoms with Gasteiger partial charge in [-0.2, -0.15) is 0 Å². The normalized spacial score (nSPS) is 14.1. The molecule has 0 atom stereocenters. The third-order valence-electron chi connectivity index (χ3n) is 12.3. The predicted molar refractivity (Wildman–Crippen MR) is 235 cm³/mol. The predicted octanol–water partition coefficient (Wildman–Crippen LogP) is 14.5. The Morgan fingerprint density at radius 1 is 0.364 bits per heavy atom. The lowest BCUT2D eigenvalue weighted by molar-refractivity contribution is 0.660. The maximum absolute atomic E-state index is 2.94. The number of halogens is 1. The number of anilines is 3. The molecule has 0 heterocycles. The highest BCUT2D eigenvalue weighted by atomic mass is 79.9. The van der Waals surface area contributed by atoms with Crippen molar-refractivity contribution < 1.29 is 0 Å². The first-order chi connectivity index (χ1) is 27.1. The van der Waals surface area contributed by atoms with E-state index in [1.807, 2.05) is 5.83 Å². The molecule has 8 aromatic carbocycles. The molecule has 0 aliphatic heterocycles. The number of nitrogens with zero attached hydrogens (tertiary/aromatic N) is 1. The second-order valence-corrected chi connectivity index (χ2v) is 15.2. The van der Waals surface area contributed by atoms with Crippen LogP contribution in [0.15, 0.2) is 188 Å². The fourth-order valence-electron chi connectivity index (χ4n) is 10.0. The van der Waals surface area contributed by atoms with Crippen molar-refractivity contribution in [2.45, 2.75) is 24.7 Å². The first-order valence-corrected chi connectivity index (χ1v) is 20.7. The fraction of sp³-hybridized carbons (Fsp3) is 0.0943. The topological polar surface area (TPSA) is 3.24 Å². The van der Waals surface area contributed by atoms with Gasteiger partial charge in [0.05, 0.1) is 11.1 Å². The van der Waals surface area contributed by atoms with Gasteiger partial charge in [0.15, 0.2) is 0 Å². The van der Waals surface area contributed by atoms with Crippen LogP contribution in [0.1, 0.15) is 47.2 Å². The minimum Gasteiger partial charge on any atom is -0.310 e. The summed E-state index contributed by atoms with van der Waals surface area (Å²) < 4.78 is 0. The van der Waals surface area contributed by atoms with E-state index in [4.69, 9.17) is 0 Å². The number of hydrogen-bond acceptors (Lipinski definition) is 1. The summed E-state index contributed by atoms with van der Waals surface area (Å²) >= 11 is 2.94. The van der Waals surface area contributed by atoms with Crippen molar-refractivity contribution in [3.05, 3.63) is 221 Å². The molecule has 0 aromatic heterocycles. The molecule has 3 aliphatic rings. The summed E-state index contributed by atoms with van der Waals surface area (Å²) in [7, 11) is 0. The maximum atomic E-state index is 2.94. The standard InChI is InChI=1S/C52H37N.CH3Br/c1-51(2)43-21-10-6-17-38(43)41-32-31-37(33-48(41)51)53(36-29-27-35(28-30-36)34-15-4-3-5-16-34)49-26-14-25-47-50(49)42-20-9-13-24-46(42)52(47)44-22-11-7-18-39(44)40-19-8-12-23-45(40)52;1-2/h3-33H,1-2H3;1H3. The molecule has 8 aromatic rings. The number of hydrogen-bond donors (Lipinski definition) is 0. The van der Waals surface area contributed by atoms with Crippen LogP contribution in [0.4, 0.5) is 17.1 Å². The molecule has 11 rings (SSSR count). The Bertz CT molecular complexity index is 2710.